The summed E-state index contributed by atoms with van der Waals surface area (Å²) in [7, 11) is 0. The van der Waals surface area contributed by atoms with Crippen LogP contribution < -0.4 is 10.4 Å². The summed E-state index contributed by atoms with van der Waals surface area (Å²) >= 11 is 1.28. The zero-order chi connectivity index (χ0) is 16.2. The second kappa shape index (κ2) is 6.53. The molecule has 0 aliphatic carbocycles. The number of nitrogens with zero attached hydrogens (tertiary/aromatic N) is 1. The Hall–Kier alpha value is -2.80. The number of hydrogen-bond acceptors (Lipinski definition) is 5. The lowest BCUT2D eigenvalue weighted by atomic mass is 10.2. The average molecular weight is 326 g/mol. The van der Waals surface area contributed by atoms with Crippen molar-refractivity contribution in [3.05, 3.63) is 54.1 Å². The molecule has 0 saturated carbocycles. The van der Waals surface area contributed by atoms with Crippen molar-refractivity contribution in [3.8, 4) is 0 Å². The van der Waals surface area contributed by atoms with Gasteiger partial charge in [-0.05, 0) is 29.8 Å². The predicted molar refractivity (Wildman–Crippen MR) is 86.2 cm³/mol. The maximum atomic E-state index is 11.9. The molecule has 7 heteroatoms. The van der Waals surface area contributed by atoms with Gasteiger partial charge < -0.3 is 20.2 Å². The van der Waals surface area contributed by atoms with Crippen LogP contribution >= 0.6 is 11.8 Å². The van der Waals surface area contributed by atoms with Crippen LogP contribution in [0.3, 0.4) is 0 Å². The molecule has 0 aliphatic rings. The second-order valence-corrected chi connectivity index (χ2v) is 5.73. The number of para-hydroxylation sites is 2. The Kier molecular flexibility index (Phi) is 4.29. The Balaban J connectivity index is 1.61. The average Bonchev–Trinajstić information content (AvgIpc) is 2.96. The molecule has 0 saturated heterocycles. The predicted octanol–water partition coefficient (Wildman–Crippen LogP) is 1.66. The number of carbonyl (C=O) groups excluding carboxylic acids is 2. The van der Waals surface area contributed by atoms with Crippen molar-refractivity contribution in [1.82, 2.24) is 9.97 Å². The molecule has 1 aromatic heterocycles. The van der Waals surface area contributed by atoms with Crippen LogP contribution in [0.4, 0.5) is 5.69 Å². The van der Waals surface area contributed by atoms with Crippen molar-refractivity contribution in [3.63, 3.8) is 0 Å². The number of fused-ring (bicyclic) bond motifs is 1. The fourth-order valence-corrected chi connectivity index (χ4v) is 2.74. The van der Waals surface area contributed by atoms with Crippen molar-refractivity contribution in [2.75, 3.05) is 11.1 Å². The Morgan fingerprint density at radius 2 is 2.00 bits per heavy atom. The van der Waals surface area contributed by atoms with Gasteiger partial charge in [0.25, 0.3) is 0 Å². The van der Waals surface area contributed by atoms with Gasteiger partial charge in [-0.15, -0.1) is 0 Å². The quantitative estimate of drug-likeness (QED) is 0.695. The molecule has 116 valence electrons. The number of anilines is 1. The number of nitrogens with one attached hydrogen (secondary N) is 2. The summed E-state index contributed by atoms with van der Waals surface area (Å²) in [6.07, 6.45) is 0. The van der Waals surface area contributed by atoms with Gasteiger partial charge in [-0.25, -0.2) is 4.98 Å². The number of carboxylic acid groups (broad SMARTS) is 1. The summed E-state index contributed by atoms with van der Waals surface area (Å²) in [5, 5.41) is 14.1. The van der Waals surface area contributed by atoms with Gasteiger partial charge >= 0.3 is 0 Å². The minimum absolute atomic E-state index is 0.0211. The van der Waals surface area contributed by atoms with E-state index in [2.05, 4.69) is 15.3 Å². The first-order valence-electron chi connectivity index (χ1n) is 6.80. The molecule has 3 aromatic rings. The van der Waals surface area contributed by atoms with E-state index in [1.165, 1.54) is 23.9 Å². The summed E-state index contributed by atoms with van der Waals surface area (Å²) in [4.78, 5) is 30.2. The van der Waals surface area contributed by atoms with Crippen LogP contribution in [0.1, 0.15) is 10.4 Å². The molecule has 0 bridgehead atoms. The minimum atomic E-state index is -1.28. The van der Waals surface area contributed by atoms with E-state index >= 15 is 0 Å². The van der Waals surface area contributed by atoms with Crippen molar-refractivity contribution >= 4 is 40.4 Å². The van der Waals surface area contributed by atoms with Crippen molar-refractivity contribution < 1.29 is 14.7 Å². The third-order valence-electron chi connectivity index (χ3n) is 3.09. The number of thioether (sulfide) groups is 1. The number of amides is 1. The first kappa shape index (κ1) is 15.1. The molecule has 0 fully saturated rings. The van der Waals surface area contributed by atoms with E-state index in [0.29, 0.717) is 10.8 Å². The van der Waals surface area contributed by atoms with Gasteiger partial charge in [0.15, 0.2) is 5.16 Å². The van der Waals surface area contributed by atoms with Crippen LogP contribution in [0.25, 0.3) is 11.0 Å². The largest absolute Gasteiger partial charge is 0.545 e. The minimum Gasteiger partial charge on any atom is -0.545 e. The molecule has 6 nitrogen and oxygen atoms in total. The van der Waals surface area contributed by atoms with E-state index in [1.54, 1.807) is 12.1 Å². The zero-order valence-corrected chi connectivity index (χ0v) is 12.7. The Labute approximate surface area is 135 Å². The normalized spacial score (nSPS) is 10.6. The summed E-state index contributed by atoms with van der Waals surface area (Å²) < 4.78 is 0. The number of imidazole rings is 1. The van der Waals surface area contributed by atoms with Crippen molar-refractivity contribution in [2.24, 2.45) is 0 Å². The number of aromatic amines is 1. The third kappa shape index (κ3) is 3.70. The van der Waals surface area contributed by atoms with Gasteiger partial charge in [0.05, 0.1) is 22.8 Å². The van der Waals surface area contributed by atoms with E-state index in [9.17, 15) is 14.7 Å². The molecular formula is C16H12N3O3S-. The van der Waals surface area contributed by atoms with Gasteiger partial charge in [0, 0.05) is 5.69 Å². The monoisotopic (exact) mass is 326 g/mol. The number of H-pyrrole nitrogens is 1. The van der Waals surface area contributed by atoms with Gasteiger partial charge in [-0.1, -0.05) is 36.0 Å². The standard InChI is InChI=1S/C16H13N3O3S/c20-14(17-11-5-3-4-10(8-11)15(21)22)9-23-16-18-12-6-1-2-7-13(12)19-16/h1-8H,9H2,(H,17,20)(H,18,19)(H,21,22)/p-1. The smallest absolute Gasteiger partial charge is 0.234 e. The highest BCUT2D eigenvalue weighted by Gasteiger charge is 2.07. The number of rotatable bonds is 5. The van der Waals surface area contributed by atoms with Gasteiger partial charge in [-0.3, -0.25) is 4.79 Å². The van der Waals surface area contributed by atoms with E-state index in [1.807, 2.05) is 24.3 Å². The topological polar surface area (TPSA) is 97.9 Å². The van der Waals surface area contributed by atoms with Crippen LogP contribution in [0.2, 0.25) is 0 Å². The number of benzene rings is 2. The van der Waals surface area contributed by atoms with E-state index in [0.717, 1.165) is 11.0 Å². The van der Waals surface area contributed by atoms with Crippen LogP contribution in [-0.2, 0) is 4.79 Å². The first-order chi connectivity index (χ1) is 11.1. The zero-order valence-electron chi connectivity index (χ0n) is 11.9. The molecule has 0 spiro atoms. The first-order valence-corrected chi connectivity index (χ1v) is 7.79. The lowest BCUT2D eigenvalue weighted by Gasteiger charge is -2.07. The van der Waals surface area contributed by atoms with Crippen LogP contribution in [-0.4, -0.2) is 27.6 Å². The molecule has 0 unspecified atom stereocenters. The van der Waals surface area contributed by atoms with Crippen molar-refractivity contribution in [1.29, 1.82) is 0 Å². The summed E-state index contributed by atoms with van der Waals surface area (Å²) in [5.41, 5.74) is 2.20. The highest BCUT2D eigenvalue weighted by atomic mass is 32.2. The molecule has 0 atom stereocenters. The molecule has 3 rings (SSSR count). The van der Waals surface area contributed by atoms with E-state index in [4.69, 9.17) is 0 Å². The number of hydrogen-bond donors (Lipinski definition) is 2. The van der Waals surface area contributed by atoms with Crippen LogP contribution in [0.15, 0.2) is 53.7 Å². The molecule has 23 heavy (non-hydrogen) atoms. The number of carbonyl (C=O) groups is 2. The lowest BCUT2D eigenvalue weighted by Crippen LogP contribution is -2.22. The summed E-state index contributed by atoms with van der Waals surface area (Å²) in [6.45, 7) is 0. The molecule has 1 heterocycles. The number of aromatic carboxylic acids is 1. The molecule has 0 aliphatic heterocycles. The fraction of sp³-hybridized carbons (Fsp3) is 0.0625. The number of carboxylic acids is 1. The number of aromatic nitrogens is 2. The third-order valence-corrected chi connectivity index (χ3v) is 3.96. The van der Waals surface area contributed by atoms with E-state index < -0.39 is 5.97 Å². The molecule has 0 radical (unpaired) electrons. The van der Waals surface area contributed by atoms with E-state index in [-0.39, 0.29) is 17.2 Å². The Morgan fingerprint density at radius 3 is 2.78 bits per heavy atom. The SMILES string of the molecule is O=C(CSc1nc2ccccc2[nH]1)Nc1cccc(C(=O)[O-])c1. The summed E-state index contributed by atoms with van der Waals surface area (Å²) in [5.74, 6) is -1.36. The summed E-state index contributed by atoms with van der Waals surface area (Å²) in [6, 6.07) is 13.6. The maximum absolute atomic E-state index is 11.9. The Morgan fingerprint density at radius 1 is 1.17 bits per heavy atom. The van der Waals surface area contributed by atoms with Crippen LogP contribution in [0, 0.1) is 0 Å². The lowest BCUT2D eigenvalue weighted by molar-refractivity contribution is -0.255. The van der Waals surface area contributed by atoms with Gasteiger partial charge in [0.1, 0.15) is 0 Å². The Bertz CT molecular complexity index is 843. The molecule has 2 aromatic carbocycles. The highest BCUT2D eigenvalue weighted by molar-refractivity contribution is 7.99. The fourth-order valence-electron chi connectivity index (χ4n) is 2.05. The van der Waals surface area contributed by atoms with Crippen LogP contribution in [0.5, 0.6) is 0 Å². The molecule has 2 N–H and O–H groups in total. The van der Waals surface area contributed by atoms with Crippen molar-refractivity contribution in [2.45, 2.75) is 5.16 Å². The molecular weight excluding hydrogens is 314 g/mol. The molecule has 1 amide bonds. The second-order valence-electron chi connectivity index (χ2n) is 4.76. The van der Waals surface area contributed by atoms with Gasteiger partial charge in [-0.2, -0.15) is 0 Å². The highest BCUT2D eigenvalue weighted by Crippen LogP contribution is 2.19. The van der Waals surface area contributed by atoms with Gasteiger partial charge in [0.2, 0.25) is 5.91 Å². The maximum Gasteiger partial charge on any atom is 0.234 e.